The second-order valence-corrected chi connectivity index (χ2v) is 5.78. The second kappa shape index (κ2) is 7.17. The number of aryl methyl sites for hydroxylation is 2. The van der Waals surface area contributed by atoms with E-state index in [1.807, 2.05) is 42.8 Å². The first-order valence-corrected chi connectivity index (χ1v) is 7.97. The Hall–Kier alpha value is -3.15. The molecule has 1 amide bonds. The Kier molecular flexibility index (Phi) is 4.79. The molecular weight excluding hydrogens is 316 g/mol. The Morgan fingerprint density at radius 3 is 2.48 bits per heavy atom. The minimum absolute atomic E-state index is 0.129. The number of aromatic nitrogens is 3. The Morgan fingerprint density at radius 2 is 1.92 bits per heavy atom. The molecule has 0 radical (unpaired) electrons. The minimum Gasteiger partial charge on any atom is -0.481 e. The highest BCUT2D eigenvalue weighted by Gasteiger charge is 2.08. The third-order valence-corrected chi connectivity index (χ3v) is 3.84. The van der Waals surface area contributed by atoms with E-state index in [9.17, 15) is 4.79 Å². The van der Waals surface area contributed by atoms with Crippen LogP contribution in [0.5, 0.6) is 5.88 Å². The van der Waals surface area contributed by atoms with Crippen molar-refractivity contribution < 1.29 is 9.53 Å². The van der Waals surface area contributed by atoms with Crippen LogP contribution in [-0.2, 0) is 6.54 Å². The smallest absolute Gasteiger partial charge is 0.251 e. The molecule has 0 bridgehead atoms. The highest BCUT2D eigenvalue weighted by molar-refractivity contribution is 5.94. The van der Waals surface area contributed by atoms with Crippen molar-refractivity contribution in [2.24, 2.45) is 0 Å². The first kappa shape index (κ1) is 16.7. The average molecular weight is 336 g/mol. The summed E-state index contributed by atoms with van der Waals surface area (Å²) < 4.78 is 6.88. The topological polar surface area (TPSA) is 69.0 Å². The van der Waals surface area contributed by atoms with E-state index in [1.165, 1.54) is 0 Å². The number of pyridine rings is 1. The Labute approximate surface area is 146 Å². The van der Waals surface area contributed by atoms with E-state index in [0.29, 0.717) is 18.0 Å². The fourth-order valence-corrected chi connectivity index (χ4v) is 2.56. The summed E-state index contributed by atoms with van der Waals surface area (Å²) >= 11 is 0. The molecule has 128 valence electrons. The van der Waals surface area contributed by atoms with Gasteiger partial charge in [-0.3, -0.25) is 4.79 Å². The standard InChI is InChI=1S/C19H20N4O2/c1-13-10-14(2)23(22-13)17-7-5-16(6-8-17)19(24)21-12-15-4-9-18(25-3)20-11-15/h4-11H,12H2,1-3H3,(H,21,24). The number of benzene rings is 1. The summed E-state index contributed by atoms with van der Waals surface area (Å²) in [6, 6.07) is 13.0. The number of nitrogens with one attached hydrogen (secondary N) is 1. The lowest BCUT2D eigenvalue weighted by Crippen LogP contribution is -2.22. The first-order chi connectivity index (χ1) is 12.1. The molecule has 25 heavy (non-hydrogen) atoms. The molecule has 0 aliphatic rings. The van der Waals surface area contributed by atoms with Crippen LogP contribution in [0.15, 0.2) is 48.7 Å². The van der Waals surface area contributed by atoms with Gasteiger partial charge in [0.05, 0.1) is 18.5 Å². The Balaban J connectivity index is 1.65. The highest BCUT2D eigenvalue weighted by Crippen LogP contribution is 2.13. The molecule has 0 saturated carbocycles. The summed E-state index contributed by atoms with van der Waals surface area (Å²) in [4.78, 5) is 16.4. The van der Waals surface area contributed by atoms with Crippen molar-refractivity contribution in [3.05, 3.63) is 71.2 Å². The number of amides is 1. The van der Waals surface area contributed by atoms with E-state index in [0.717, 1.165) is 22.6 Å². The van der Waals surface area contributed by atoms with Crippen molar-refractivity contribution in [2.75, 3.05) is 7.11 Å². The summed E-state index contributed by atoms with van der Waals surface area (Å²) in [5.41, 5.74) is 4.47. The lowest BCUT2D eigenvalue weighted by molar-refractivity contribution is 0.0951. The molecule has 0 unspecified atom stereocenters. The molecule has 6 heteroatoms. The maximum absolute atomic E-state index is 12.3. The molecule has 1 N–H and O–H groups in total. The Bertz CT molecular complexity index is 867. The van der Waals surface area contributed by atoms with Gasteiger partial charge in [-0.2, -0.15) is 5.10 Å². The van der Waals surface area contributed by atoms with Gasteiger partial charge in [-0.05, 0) is 49.7 Å². The van der Waals surface area contributed by atoms with Gasteiger partial charge in [0.15, 0.2) is 0 Å². The van der Waals surface area contributed by atoms with Crippen LogP contribution in [0, 0.1) is 13.8 Å². The van der Waals surface area contributed by atoms with Gasteiger partial charge in [0.1, 0.15) is 0 Å². The van der Waals surface area contributed by atoms with Crippen molar-refractivity contribution >= 4 is 5.91 Å². The number of hydrogen-bond acceptors (Lipinski definition) is 4. The number of carbonyl (C=O) groups excluding carboxylic acids is 1. The fraction of sp³-hybridized carbons (Fsp3) is 0.211. The number of hydrogen-bond donors (Lipinski definition) is 1. The van der Waals surface area contributed by atoms with Crippen LogP contribution in [0.4, 0.5) is 0 Å². The van der Waals surface area contributed by atoms with E-state index < -0.39 is 0 Å². The van der Waals surface area contributed by atoms with Crippen molar-refractivity contribution in [1.29, 1.82) is 0 Å². The van der Waals surface area contributed by atoms with Gasteiger partial charge < -0.3 is 10.1 Å². The van der Waals surface area contributed by atoms with Crippen molar-refractivity contribution in [2.45, 2.75) is 20.4 Å². The van der Waals surface area contributed by atoms with E-state index in [4.69, 9.17) is 4.74 Å². The van der Waals surface area contributed by atoms with Crippen LogP contribution in [-0.4, -0.2) is 27.8 Å². The van der Waals surface area contributed by atoms with Gasteiger partial charge in [-0.15, -0.1) is 0 Å². The molecular formula is C19H20N4O2. The fourth-order valence-electron chi connectivity index (χ4n) is 2.56. The van der Waals surface area contributed by atoms with Crippen LogP contribution >= 0.6 is 0 Å². The van der Waals surface area contributed by atoms with Crippen molar-refractivity contribution in [3.63, 3.8) is 0 Å². The molecule has 0 fully saturated rings. The number of methoxy groups -OCH3 is 1. The SMILES string of the molecule is COc1ccc(CNC(=O)c2ccc(-n3nc(C)cc3C)cc2)cn1. The number of carbonyl (C=O) groups is 1. The number of nitrogens with zero attached hydrogens (tertiary/aromatic N) is 3. The van der Waals surface area contributed by atoms with E-state index >= 15 is 0 Å². The zero-order valence-corrected chi connectivity index (χ0v) is 14.5. The highest BCUT2D eigenvalue weighted by atomic mass is 16.5. The largest absolute Gasteiger partial charge is 0.481 e. The summed E-state index contributed by atoms with van der Waals surface area (Å²) in [6.45, 7) is 4.37. The van der Waals surface area contributed by atoms with Gasteiger partial charge in [-0.25, -0.2) is 9.67 Å². The second-order valence-electron chi connectivity index (χ2n) is 5.78. The lowest BCUT2D eigenvalue weighted by atomic mass is 10.2. The quantitative estimate of drug-likeness (QED) is 0.778. The van der Waals surface area contributed by atoms with E-state index in [-0.39, 0.29) is 5.91 Å². The zero-order chi connectivity index (χ0) is 17.8. The molecule has 0 atom stereocenters. The van der Waals surface area contributed by atoms with Crippen LogP contribution in [0.3, 0.4) is 0 Å². The molecule has 0 spiro atoms. The summed E-state index contributed by atoms with van der Waals surface area (Å²) in [6.07, 6.45) is 1.69. The normalized spacial score (nSPS) is 10.5. The molecule has 0 saturated heterocycles. The summed E-state index contributed by atoms with van der Waals surface area (Å²) in [5, 5.41) is 7.33. The average Bonchev–Trinajstić information content (AvgIpc) is 2.98. The van der Waals surface area contributed by atoms with Crippen LogP contribution in [0.1, 0.15) is 27.3 Å². The van der Waals surface area contributed by atoms with Crippen molar-refractivity contribution in [3.8, 4) is 11.6 Å². The van der Waals surface area contributed by atoms with E-state index in [2.05, 4.69) is 15.4 Å². The molecule has 0 aliphatic carbocycles. The molecule has 6 nitrogen and oxygen atoms in total. The van der Waals surface area contributed by atoms with Crippen LogP contribution in [0.25, 0.3) is 5.69 Å². The van der Waals surface area contributed by atoms with Gasteiger partial charge >= 0.3 is 0 Å². The molecule has 1 aromatic carbocycles. The van der Waals surface area contributed by atoms with Crippen LogP contribution in [0.2, 0.25) is 0 Å². The minimum atomic E-state index is -0.129. The zero-order valence-electron chi connectivity index (χ0n) is 14.5. The maximum atomic E-state index is 12.3. The third kappa shape index (κ3) is 3.85. The van der Waals surface area contributed by atoms with Crippen LogP contribution < -0.4 is 10.1 Å². The first-order valence-electron chi connectivity index (χ1n) is 7.97. The van der Waals surface area contributed by atoms with Gasteiger partial charge in [0, 0.05) is 30.1 Å². The van der Waals surface area contributed by atoms with Gasteiger partial charge in [-0.1, -0.05) is 6.07 Å². The number of rotatable bonds is 5. The van der Waals surface area contributed by atoms with Crippen molar-refractivity contribution in [1.82, 2.24) is 20.1 Å². The number of ether oxygens (including phenoxy) is 1. The molecule has 3 aromatic rings. The molecule has 2 heterocycles. The predicted octanol–water partition coefficient (Wildman–Crippen LogP) is 2.82. The molecule has 2 aromatic heterocycles. The monoisotopic (exact) mass is 336 g/mol. The van der Waals surface area contributed by atoms with Gasteiger partial charge in [0.2, 0.25) is 5.88 Å². The predicted molar refractivity (Wildman–Crippen MR) is 95.0 cm³/mol. The lowest BCUT2D eigenvalue weighted by Gasteiger charge is -2.08. The summed E-state index contributed by atoms with van der Waals surface area (Å²) in [5.74, 6) is 0.422. The van der Waals surface area contributed by atoms with Gasteiger partial charge in [0.25, 0.3) is 5.91 Å². The molecule has 3 rings (SSSR count). The maximum Gasteiger partial charge on any atom is 0.251 e. The Morgan fingerprint density at radius 1 is 1.16 bits per heavy atom. The molecule has 0 aliphatic heterocycles. The summed E-state index contributed by atoms with van der Waals surface area (Å²) in [7, 11) is 1.57. The third-order valence-electron chi connectivity index (χ3n) is 3.84. The van der Waals surface area contributed by atoms with E-state index in [1.54, 1.807) is 31.5 Å².